The first-order valence-electron chi connectivity index (χ1n) is 10.7. The summed E-state index contributed by atoms with van der Waals surface area (Å²) in [5.74, 6) is 0.271. The van der Waals surface area contributed by atoms with Crippen LogP contribution in [0.25, 0.3) is 10.9 Å². The molecule has 164 valence electrons. The Morgan fingerprint density at radius 3 is 2.61 bits per heavy atom. The number of rotatable bonds is 6. The van der Waals surface area contributed by atoms with Gasteiger partial charge in [0.05, 0.1) is 10.6 Å². The van der Waals surface area contributed by atoms with Gasteiger partial charge in [-0.3, -0.25) is 9.10 Å². The fourth-order valence-electron chi connectivity index (χ4n) is 4.55. The van der Waals surface area contributed by atoms with Gasteiger partial charge in [0, 0.05) is 42.3 Å². The Kier molecular flexibility index (Phi) is 5.56. The lowest BCUT2D eigenvalue weighted by atomic mass is 10.0. The van der Waals surface area contributed by atoms with Gasteiger partial charge in [-0.1, -0.05) is 19.9 Å². The monoisotopic (exact) mass is 439 g/mol. The van der Waals surface area contributed by atoms with Crippen LogP contribution in [0.3, 0.4) is 0 Å². The van der Waals surface area contributed by atoms with Crippen LogP contribution >= 0.6 is 0 Å². The van der Waals surface area contributed by atoms with Crippen molar-refractivity contribution in [3.8, 4) is 0 Å². The maximum atomic E-state index is 13.9. The van der Waals surface area contributed by atoms with Gasteiger partial charge in [0.2, 0.25) is 5.91 Å². The van der Waals surface area contributed by atoms with E-state index in [1.807, 2.05) is 43.5 Å². The number of anilines is 2. The largest absolute Gasteiger partial charge is 0.361 e. The first-order chi connectivity index (χ1) is 14.7. The van der Waals surface area contributed by atoms with Crippen molar-refractivity contribution in [2.24, 2.45) is 5.92 Å². The summed E-state index contributed by atoms with van der Waals surface area (Å²) in [6.07, 6.45) is 3.32. The van der Waals surface area contributed by atoms with Crippen molar-refractivity contribution in [1.82, 2.24) is 4.98 Å². The average molecular weight is 440 g/mol. The Labute approximate surface area is 183 Å². The summed E-state index contributed by atoms with van der Waals surface area (Å²) in [6.45, 7) is 8.24. The second kappa shape index (κ2) is 8.04. The van der Waals surface area contributed by atoms with Crippen LogP contribution in [0.4, 0.5) is 11.4 Å². The van der Waals surface area contributed by atoms with E-state index < -0.39 is 10.0 Å². The summed E-state index contributed by atoms with van der Waals surface area (Å²) in [6, 6.07) is 12.6. The molecule has 0 spiro atoms. The van der Waals surface area contributed by atoms with Crippen molar-refractivity contribution in [2.75, 3.05) is 15.7 Å². The number of aromatic amines is 1. The van der Waals surface area contributed by atoms with E-state index in [2.05, 4.69) is 18.8 Å². The highest BCUT2D eigenvalue weighted by atomic mass is 32.2. The Morgan fingerprint density at radius 2 is 1.90 bits per heavy atom. The number of aromatic nitrogens is 1. The molecule has 0 fully saturated rings. The number of sulfonamides is 1. The van der Waals surface area contributed by atoms with E-state index in [0.717, 1.165) is 29.3 Å². The first kappa shape index (κ1) is 21.4. The molecule has 0 radical (unpaired) electrons. The van der Waals surface area contributed by atoms with Crippen LogP contribution in [0.2, 0.25) is 0 Å². The zero-order chi connectivity index (χ0) is 22.3. The zero-order valence-corrected chi connectivity index (χ0v) is 19.2. The fourth-order valence-corrected chi connectivity index (χ4v) is 6.22. The highest BCUT2D eigenvalue weighted by molar-refractivity contribution is 7.92. The van der Waals surface area contributed by atoms with E-state index in [1.54, 1.807) is 17.0 Å². The Hall–Kier alpha value is -2.80. The summed E-state index contributed by atoms with van der Waals surface area (Å²) in [7, 11) is -3.84. The molecular weight excluding hydrogens is 410 g/mol. The number of fused-ring (bicyclic) bond motifs is 2. The molecule has 0 saturated carbocycles. The van der Waals surface area contributed by atoms with Gasteiger partial charge < -0.3 is 9.88 Å². The van der Waals surface area contributed by atoms with E-state index in [4.69, 9.17) is 0 Å². The molecule has 1 aliphatic rings. The number of H-pyrrole nitrogens is 1. The molecule has 1 N–H and O–H groups in total. The van der Waals surface area contributed by atoms with Crippen LogP contribution in [-0.4, -0.2) is 31.9 Å². The van der Waals surface area contributed by atoms with Crippen LogP contribution in [-0.2, 0) is 21.2 Å². The third-order valence-electron chi connectivity index (χ3n) is 5.89. The first-order valence-corrected chi connectivity index (χ1v) is 12.1. The Bertz CT molecular complexity index is 1230. The molecule has 0 saturated heterocycles. The van der Waals surface area contributed by atoms with Crippen LogP contribution < -0.4 is 9.21 Å². The van der Waals surface area contributed by atoms with Crippen molar-refractivity contribution < 1.29 is 13.2 Å². The van der Waals surface area contributed by atoms with Crippen molar-refractivity contribution in [3.63, 3.8) is 0 Å². The second-order valence-electron chi connectivity index (χ2n) is 8.74. The molecule has 2 aromatic carbocycles. The van der Waals surface area contributed by atoms with Crippen LogP contribution in [0.5, 0.6) is 0 Å². The molecule has 6 nitrogen and oxygen atoms in total. The number of nitrogens with zero attached hydrogens (tertiary/aromatic N) is 2. The third-order valence-corrected chi connectivity index (χ3v) is 7.83. The Morgan fingerprint density at radius 1 is 1.13 bits per heavy atom. The highest BCUT2D eigenvalue weighted by Gasteiger charge is 2.32. The molecule has 0 bridgehead atoms. The van der Waals surface area contributed by atoms with Gasteiger partial charge in [0.25, 0.3) is 10.0 Å². The number of nitrogens with one attached hydrogen (secondary N) is 1. The van der Waals surface area contributed by atoms with Crippen molar-refractivity contribution in [1.29, 1.82) is 0 Å². The SMILES string of the molecule is CC(=O)N1CCc2ccc(S(=O)(=O)N(c3ccc4[nH]ccc4c3)C(C)CC(C)C)cc21. The zero-order valence-electron chi connectivity index (χ0n) is 18.4. The van der Waals surface area contributed by atoms with Gasteiger partial charge in [0.15, 0.2) is 0 Å². The van der Waals surface area contributed by atoms with E-state index in [1.165, 1.54) is 11.2 Å². The van der Waals surface area contributed by atoms with Gasteiger partial charge in [0.1, 0.15) is 0 Å². The van der Waals surface area contributed by atoms with Gasteiger partial charge in [-0.25, -0.2) is 8.42 Å². The van der Waals surface area contributed by atoms with Gasteiger partial charge in [-0.2, -0.15) is 0 Å². The highest BCUT2D eigenvalue weighted by Crippen LogP contribution is 2.35. The lowest BCUT2D eigenvalue weighted by molar-refractivity contribution is -0.116. The number of carbonyl (C=O) groups excluding carboxylic acids is 1. The number of carbonyl (C=O) groups is 1. The van der Waals surface area contributed by atoms with Crippen molar-refractivity contribution in [2.45, 2.75) is 51.5 Å². The minimum atomic E-state index is -3.84. The molecule has 1 amide bonds. The van der Waals surface area contributed by atoms with Crippen LogP contribution in [0, 0.1) is 5.92 Å². The Balaban J connectivity index is 1.82. The quantitative estimate of drug-likeness (QED) is 0.605. The van der Waals surface area contributed by atoms with Gasteiger partial charge in [-0.05, 0) is 67.6 Å². The summed E-state index contributed by atoms with van der Waals surface area (Å²) in [5, 5.41) is 0.964. The standard InChI is InChI=1S/C24H29N3O3S/c1-16(2)13-17(3)27(21-6-8-23-20(14-21)9-11-25-23)31(29,30)22-7-5-19-10-12-26(18(4)28)24(19)15-22/h5-9,11,14-17,25H,10,12-13H2,1-4H3. The van der Waals surface area contributed by atoms with E-state index in [-0.39, 0.29) is 16.8 Å². The molecule has 2 heterocycles. The maximum Gasteiger partial charge on any atom is 0.264 e. The predicted octanol–water partition coefficient (Wildman–Crippen LogP) is 4.71. The number of hydrogen-bond acceptors (Lipinski definition) is 3. The molecule has 1 atom stereocenters. The molecule has 1 aromatic heterocycles. The summed E-state index contributed by atoms with van der Waals surface area (Å²) < 4.78 is 29.4. The van der Waals surface area contributed by atoms with Crippen molar-refractivity contribution in [3.05, 3.63) is 54.2 Å². The molecule has 31 heavy (non-hydrogen) atoms. The molecule has 1 aliphatic heterocycles. The lowest BCUT2D eigenvalue weighted by Crippen LogP contribution is -2.39. The second-order valence-corrected chi connectivity index (χ2v) is 10.6. The topological polar surface area (TPSA) is 73.5 Å². The van der Waals surface area contributed by atoms with Gasteiger partial charge in [-0.15, -0.1) is 0 Å². The molecule has 4 rings (SSSR count). The molecule has 7 heteroatoms. The molecule has 3 aromatic rings. The predicted molar refractivity (Wildman–Crippen MR) is 125 cm³/mol. The van der Waals surface area contributed by atoms with Crippen molar-refractivity contribution >= 4 is 38.2 Å². The summed E-state index contributed by atoms with van der Waals surface area (Å²) >= 11 is 0. The molecule has 1 unspecified atom stereocenters. The normalized spacial score (nSPS) is 14.8. The number of benzene rings is 2. The van der Waals surface area contributed by atoms with E-state index in [9.17, 15) is 13.2 Å². The average Bonchev–Trinajstić information content (AvgIpc) is 3.33. The van der Waals surface area contributed by atoms with E-state index >= 15 is 0 Å². The third kappa shape index (κ3) is 3.94. The smallest absolute Gasteiger partial charge is 0.264 e. The fraction of sp³-hybridized carbons (Fsp3) is 0.375. The maximum absolute atomic E-state index is 13.9. The summed E-state index contributed by atoms with van der Waals surface area (Å²) in [5.41, 5.74) is 3.31. The van der Waals surface area contributed by atoms with Gasteiger partial charge >= 0.3 is 0 Å². The number of amides is 1. The molecule has 0 aliphatic carbocycles. The minimum Gasteiger partial charge on any atom is -0.361 e. The van der Waals surface area contributed by atoms with Crippen LogP contribution in [0.15, 0.2) is 53.6 Å². The van der Waals surface area contributed by atoms with E-state index in [0.29, 0.717) is 23.8 Å². The molecular formula is C24H29N3O3S. The van der Waals surface area contributed by atoms with Crippen LogP contribution in [0.1, 0.15) is 39.7 Å². The summed E-state index contributed by atoms with van der Waals surface area (Å²) in [4.78, 5) is 17.0. The lowest BCUT2D eigenvalue weighted by Gasteiger charge is -2.32. The minimum absolute atomic E-state index is 0.0729. The number of hydrogen-bond donors (Lipinski definition) is 1.